The zero-order valence-corrected chi connectivity index (χ0v) is 10.0. The van der Waals surface area contributed by atoms with Crippen molar-refractivity contribution in [3.05, 3.63) is 22.7 Å². The van der Waals surface area contributed by atoms with Crippen molar-refractivity contribution in [1.82, 2.24) is 10.3 Å². The van der Waals surface area contributed by atoms with Crippen LogP contribution in [-0.2, 0) is 0 Å². The molecule has 0 aliphatic rings. The van der Waals surface area contributed by atoms with Gasteiger partial charge in [0.2, 0.25) is 0 Å². The summed E-state index contributed by atoms with van der Waals surface area (Å²) in [5.74, 6) is -0.123. The van der Waals surface area contributed by atoms with Crippen molar-refractivity contribution in [3.8, 4) is 0 Å². The van der Waals surface area contributed by atoms with Crippen LogP contribution in [0.25, 0.3) is 10.2 Å². The van der Waals surface area contributed by atoms with Crippen molar-refractivity contribution < 1.29 is 4.79 Å². The summed E-state index contributed by atoms with van der Waals surface area (Å²) in [7, 11) is 0. The molecule has 0 aliphatic heterocycles. The smallest absolute Gasteiger partial charge is 0.263 e. The van der Waals surface area contributed by atoms with Crippen molar-refractivity contribution in [1.29, 1.82) is 0 Å². The molecule has 3 N–H and O–H groups in total. The molecule has 0 unspecified atom stereocenters. The zero-order valence-electron chi connectivity index (χ0n) is 9.20. The second-order valence-corrected chi connectivity index (χ2v) is 4.51. The molecule has 2 heterocycles. The molecule has 2 rings (SSSR count). The SMILES string of the molecule is CCNC(=O)c1sc2nccc(C)c2c1N. The number of anilines is 1. The summed E-state index contributed by atoms with van der Waals surface area (Å²) in [5, 5.41) is 3.64. The molecular weight excluding hydrogens is 222 g/mol. The number of aryl methyl sites for hydroxylation is 1. The first-order valence-electron chi connectivity index (χ1n) is 5.07. The van der Waals surface area contributed by atoms with Crippen molar-refractivity contribution in [2.45, 2.75) is 13.8 Å². The number of hydrogen-bond acceptors (Lipinski definition) is 4. The molecule has 0 saturated carbocycles. The molecule has 4 nitrogen and oxygen atoms in total. The highest BCUT2D eigenvalue weighted by atomic mass is 32.1. The summed E-state index contributed by atoms with van der Waals surface area (Å²) in [5.41, 5.74) is 7.57. The monoisotopic (exact) mass is 235 g/mol. The Hall–Kier alpha value is -1.62. The van der Waals surface area contributed by atoms with E-state index in [1.807, 2.05) is 19.9 Å². The Morgan fingerprint density at radius 1 is 1.62 bits per heavy atom. The summed E-state index contributed by atoms with van der Waals surface area (Å²) in [6.45, 7) is 4.44. The minimum atomic E-state index is -0.123. The molecule has 0 aromatic carbocycles. The molecule has 16 heavy (non-hydrogen) atoms. The highest BCUT2D eigenvalue weighted by Gasteiger charge is 2.17. The number of nitrogen functional groups attached to an aromatic ring is 1. The average molecular weight is 235 g/mol. The van der Waals surface area contributed by atoms with Gasteiger partial charge in [-0.05, 0) is 25.5 Å². The van der Waals surface area contributed by atoms with Crippen LogP contribution in [-0.4, -0.2) is 17.4 Å². The fraction of sp³-hybridized carbons (Fsp3) is 0.273. The van der Waals surface area contributed by atoms with E-state index in [1.165, 1.54) is 11.3 Å². The van der Waals surface area contributed by atoms with Gasteiger partial charge in [-0.1, -0.05) is 0 Å². The molecule has 84 valence electrons. The number of carbonyl (C=O) groups is 1. The van der Waals surface area contributed by atoms with Gasteiger partial charge in [0.05, 0.1) is 5.69 Å². The van der Waals surface area contributed by atoms with Gasteiger partial charge < -0.3 is 11.1 Å². The fourth-order valence-electron chi connectivity index (χ4n) is 1.61. The first-order valence-corrected chi connectivity index (χ1v) is 5.88. The Kier molecular flexibility index (Phi) is 2.78. The molecule has 0 bridgehead atoms. The molecule has 0 radical (unpaired) electrons. The molecule has 0 saturated heterocycles. The number of nitrogens with two attached hydrogens (primary N) is 1. The van der Waals surface area contributed by atoms with Gasteiger partial charge in [-0.15, -0.1) is 11.3 Å². The molecule has 0 aliphatic carbocycles. The predicted octanol–water partition coefficient (Wildman–Crippen LogP) is 1.94. The lowest BCUT2D eigenvalue weighted by molar-refractivity contribution is 0.0960. The van der Waals surface area contributed by atoms with Gasteiger partial charge in [0.15, 0.2) is 0 Å². The van der Waals surface area contributed by atoms with E-state index in [0.29, 0.717) is 17.1 Å². The predicted molar refractivity (Wildman–Crippen MR) is 66.8 cm³/mol. The molecular formula is C11H13N3OS. The third-order valence-corrected chi connectivity index (χ3v) is 3.49. The molecule has 5 heteroatoms. The average Bonchev–Trinajstić information content (AvgIpc) is 2.58. The second kappa shape index (κ2) is 4.09. The second-order valence-electron chi connectivity index (χ2n) is 3.51. The molecule has 1 amide bonds. The van der Waals surface area contributed by atoms with E-state index in [1.54, 1.807) is 6.20 Å². The van der Waals surface area contributed by atoms with Crippen LogP contribution in [0.4, 0.5) is 5.69 Å². The summed E-state index contributed by atoms with van der Waals surface area (Å²) < 4.78 is 0. The van der Waals surface area contributed by atoms with Crippen LogP contribution < -0.4 is 11.1 Å². The number of nitrogens with one attached hydrogen (secondary N) is 1. The van der Waals surface area contributed by atoms with Gasteiger partial charge in [-0.2, -0.15) is 0 Å². The quantitative estimate of drug-likeness (QED) is 0.835. The van der Waals surface area contributed by atoms with Crippen molar-refractivity contribution in [3.63, 3.8) is 0 Å². The number of hydrogen-bond donors (Lipinski definition) is 2. The Morgan fingerprint density at radius 2 is 2.38 bits per heavy atom. The summed E-state index contributed by atoms with van der Waals surface area (Å²) in [6.07, 6.45) is 1.73. The Morgan fingerprint density at radius 3 is 3.00 bits per heavy atom. The lowest BCUT2D eigenvalue weighted by atomic mass is 10.2. The maximum Gasteiger partial charge on any atom is 0.263 e. The van der Waals surface area contributed by atoms with Crippen LogP contribution in [0.3, 0.4) is 0 Å². The lowest BCUT2D eigenvalue weighted by Crippen LogP contribution is -2.22. The van der Waals surface area contributed by atoms with Gasteiger partial charge in [-0.3, -0.25) is 4.79 Å². The van der Waals surface area contributed by atoms with E-state index >= 15 is 0 Å². The van der Waals surface area contributed by atoms with Crippen LogP contribution >= 0.6 is 11.3 Å². The number of nitrogens with zero attached hydrogens (tertiary/aromatic N) is 1. The highest BCUT2D eigenvalue weighted by molar-refractivity contribution is 7.21. The fourth-order valence-corrected chi connectivity index (χ4v) is 2.67. The minimum absolute atomic E-state index is 0.123. The molecule has 0 atom stereocenters. The van der Waals surface area contributed by atoms with Crippen LogP contribution in [0.1, 0.15) is 22.2 Å². The number of fused-ring (bicyclic) bond motifs is 1. The first kappa shape index (κ1) is 10.9. The molecule has 2 aromatic heterocycles. The highest BCUT2D eigenvalue weighted by Crippen LogP contribution is 2.33. The van der Waals surface area contributed by atoms with Gasteiger partial charge in [0.1, 0.15) is 9.71 Å². The topological polar surface area (TPSA) is 68.0 Å². The van der Waals surface area contributed by atoms with Gasteiger partial charge in [0.25, 0.3) is 5.91 Å². The lowest BCUT2D eigenvalue weighted by Gasteiger charge is -2.00. The maximum atomic E-state index is 11.7. The van der Waals surface area contributed by atoms with Gasteiger partial charge in [0, 0.05) is 18.1 Å². The van der Waals surface area contributed by atoms with E-state index in [4.69, 9.17) is 5.73 Å². The third kappa shape index (κ3) is 1.63. The Bertz CT molecular complexity index is 547. The summed E-state index contributed by atoms with van der Waals surface area (Å²) in [6, 6.07) is 1.90. The largest absolute Gasteiger partial charge is 0.397 e. The number of aromatic nitrogens is 1. The van der Waals surface area contributed by atoms with Gasteiger partial charge >= 0.3 is 0 Å². The Labute approximate surface area is 97.5 Å². The normalized spacial score (nSPS) is 10.6. The number of rotatable bonds is 2. The molecule has 2 aromatic rings. The maximum absolute atomic E-state index is 11.7. The van der Waals surface area contributed by atoms with Crippen LogP contribution in [0.15, 0.2) is 12.3 Å². The van der Waals surface area contributed by atoms with E-state index in [2.05, 4.69) is 10.3 Å². The van der Waals surface area contributed by atoms with Crippen molar-refractivity contribution >= 4 is 33.1 Å². The van der Waals surface area contributed by atoms with Crippen molar-refractivity contribution in [2.75, 3.05) is 12.3 Å². The third-order valence-electron chi connectivity index (χ3n) is 2.38. The standard InChI is InChI=1S/C11H13N3OS/c1-3-13-10(15)9-8(12)7-6(2)4-5-14-11(7)16-9/h4-5H,3,12H2,1-2H3,(H,13,15). The van der Waals surface area contributed by atoms with Crippen LogP contribution in [0, 0.1) is 6.92 Å². The van der Waals surface area contributed by atoms with Crippen molar-refractivity contribution in [2.24, 2.45) is 0 Å². The van der Waals surface area contributed by atoms with E-state index in [0.717, 1.165) is 15.8 Å². The van der Waals surface area contributed by atoms with Crippen LogP contribution in [0.5, 0.6) is 0 Å². The zero-order chi connectivity index (χ0) is 11.7. The van der Waals surface area contributed by atoms with Gasteiger partial charge in [-0.25, -0.2) is 4.98 Å². The summed E-state index contributed by atoms with van der Waals surface area (Å²) >= 11 is 1.34. The number of carbonyl (C=O) groups excluding carboxylic acids is 1. The van der Waals surface area contributed by atoms with E-state index < -0.39 is 0 Å². The van der Waals surface area contributed by atoms with Crippen LogP contribution in [0.2, 0.25) is 0 Å². The van der Waals surface area contributed by atoms with E-state index in [-0.39, 0.29) is 5.91 Å². The first-order chi connectivity index (χ1) is 7.65. The molecule has 0 spiro atoms. The van der Waals surface area contributed by atoms with E-state index in [9.17, 15) is 4.79 Å². The number of thiophene rings is 1. The minimum Gasteiger partial charge on any atom is -0.397 e. The number of amides is 1. The molecule has 0 fully saturated rings. The number of pyridine rings is 1. The summed E-state index contributed by atoms with van der Waals surface area (Å²) in [4.78, 5) is 17.3. The Balaban J connectivity index is 2.61.